The van der Waals surface area contributed by atoms with Gasteiger partial charge in [0, 0.05) is 24.0 Å². The summed E-state index contributed by atoms with van der Waals surface area (Å²) < 4.78 is 28.1. The fourth-order valence-corrected chi connectivity index (χ4v) is 5.37. The first kappa shape index (κ1) is 16.6. The van der Waals surface area contributed by atoms with Crippen molar-refractivity contribution >= 4 is 27.5 Å². The molecule has 118 valence electrons. The first-order valence-corrected chi connectivity index (χ1v) is 9.94. The summed E-state index contributed by atoms with van der Waals surface area (Å²) in [7, 11) is -3.58. The number of thioether (sulfide) groups is 1. The molecule has 1 fully saturated rings. The van der Waals surface area contributed by atoms with E-state index in [1.54, 1.807) is 12.1 Å². The summed E-state index contributed by atoms with van der Waals surface area (Å²) in [5.74, 6) is 1.01. The Morgan fingerprint density at radius 3 is 2.90 bits per heavy atom. The number of pyridine rings is 1. The molecule has 2 N–H and O–H groups in total. The Morgan fingerprint density at radius 2 is 2.19 bits per heavy atom. The monoisotopic (exact) mass is 329 g/mol. The third-order valence-electron chi connectivity index (χ3n) is 3.53. The van der Waals surface area contributed by atoms with Gasteiger partial charge in [-0.2, -0.15) is 11.8 Å². The van der Waals surface area contributed by atoms with Crippen molar-refractivity contribution in [2.45, 2.75) is 49.4 Å². The Bertz CT molecular complexity index is 563. The molecule has 0 saturated heterocycles. The minimum atomic E-state index is -3.58. The minimum Gasteiger partial charge on any atom is -0.383 e. The highest BCUT2D eigenvalue weighted by atomic mass is 32.2. The van der Waals surface area contributed by atoms with Gasteiger partial charge in [-0.3, -0.25) is 0 Å². The van der Waals surface area contributed by atoms with E-state index < -0.39 is 10.0 Å². The third kappa shape index (κ3) is 4.11. The summed E-state index contributed by atoms with van der Waals surface area (Å²) in [5.41, 5.74) is 0.560. The molecule has 1 aromatic rings. The summed E-state index contributed by atoms with van der Waals surface area (Å²) in [6, 6.07) is 3.50. The Hall–Kier alpha value is -0.790. The van der Waals surface area contributed by atoms with Crippen LogP contribution in [-0.2, 0) is 10.0 Å². The highest BCUT2D eigenvalue weighted by Gasteiger charge is 2.32. The van der Waals surface area contributed by atoms with Gasteiger partial charge >= 0.3 is 0 Å². The Labute approximate surface area is 131 Å². The van der Waals surface area contributed by atoms with E-state index in [1.807, 2.05) is 18.7 Å². The maximum Gasteiger partial charge on any atom is 0.260 e. The zero-order valence-electron chi connectivity index (χ0n) is 12.5. The second-order valence-corrected chi connectivity index (χ2v) is 8.18. The average Bonchev–Trinajstić information content (AvgIpc) is 2.87. The molecule has 2 atom stereocenters. The zero-order valence-corrected chi connectivity index (χ0v) is 14.1. The van der Waals surface area contributed by atoms with Crippen molar-refractivity contribution in [3.8, 4) is 0 Å². The van der Waals surface area contributed by atoms with Crippen molar-refractivity contribution in [3.05, 3.63) is 18.3 Å². The highest BCUT2D eigenvalue weighted by Crippen LogP contribution is 2.31. The molecular formula is C14H23N3O2S2. The lowest BCUT2D eigenvalue weighted by Gasteiger charge is -2.20. The number of rotatable bonds is 7. The molecule has 5 nitrogen and oxygen atoms in total. The first-order valence-electron chi connectivity index (χ1n) is 7.41. The third-order valence-corrected chi connectivity index (χ3v) is 6.31. The van der Waals surface area contributed by atoms with E-state index in [-0.39, 0.29) is 11.1 Å². The number of aromatic nitrogens is 1. The SMILES string of the molecule is CCNc1cccnc1S(=O)(=O)NC1CCCC1SCC. The van der Waals surface area contributed by atoms with E-state index in [9.17, 15) is 8.42 Å². The molecule has 0 aromatic carbocycles. The van der Waals surface area contributed by atoms with Crippen LogP contribution in [0.2, 0.25) is 0 Å². The molecule has 0 spiro atoms. The van der Waals surface area contributed by atoms with E-state index in [4.69, 9.17) is 0 Å². The van der Waals surface area contributed by atoms with Crippen molar-refractivity contribution in [1.29, 1.82) is 0 Å². The fraction of sp³-hybridized carbons (Fsp3) is 0.643. The van der Waals surface area contributed by atoms with Gasteiger partial charge < -0.3 is 5.32 Å². The molecule has 2 unspecified atom stereocenters. The van der Waals surface area contributed by atoms with Gasteiger partial charge in [-0.05, 0) is 37.7 Å². The number of anilines is 1. The molecule has 21 heavy (non-hydrogen) atoms. The highest BCUT2D eigenvalue weighted by molar-refractivity contribution is 8.00. The summed E-state index contributed by atoms with van der Waals surface area (Å²) >= 11 is 1.83. The second-order valence-electron chi connectivity index (χ2n) is 5.04. The second kappa shape index (κ2) is 7.47. The molecule has 1 aromatic heterocycles. The summed E-state index contributed by atoms with van der Waals surface area (Å²) in [5, 5.41) is 3.52. The van der Waals surface area contributed by atoms with E-state index >= 15 is 0 Å². The molecular weight excluding hydrogens is 306 g/mol. The summed E-state index contributed by atoms with van der Waals surface area (Å²) in [4.78, 5) is 4.06. The summed E-state index contributed by atoms with van der Waals surface area (Å²) in [6.45, 7) is 4.70. The topological polar surface area (TPSA) is 71.1 Å². The van der Waals surface area contributed by atoms with E-state index in [0.29, 0.717) is 17.5 Å². The van der Waals surface area contributed by atoms with Crippen LogP contribution < -0.4 is 10.0 Å². The van der Waals surface area contributed by atoms with Gasteiger partial charge in [0.25, 0.3) is 10.0 Å². The van der Waals surface area contributed by atoms with Gasteiger partial charge in [-0.1, -0.05) is 13.3 Å². The van der Waals surface area contributed by atoms with Crippen molar-refractivity contribution in [2.24, 2.45) is 0 Å². The summed E-state index contributed by atoms with van der Waals surface area (Å²) in [6.07, 6.45) is 4.57. The molecule has 0 bridgehead atoms. The molecule has 0 aliphatic heterocycles. The van der Waals surface area contributed by atoms with Gasteiger partial charge in [0.2, 0.25) is 0 Å². The lowest BCUT2D eigenvalue weighted by atomic mass is 10.3. The maximum atomic E-state index is 12.6. The van der Waals surface area contributed by atoms with E-state index in [2.05, 4.69) is 21.9 Å². The standard InChI is InChI=1S/C14H23N3O2S2/c1-3-15-12-8-6-10-16-14(12)21(18,19)17-11-7-5-9-13(11)20-4-2/h6,8,10-11,13,15,17H,3-5,7,9H2,1-2H3. The Balaban J connectivity index is 2.18. The van der Waals surface area contributed by atoms with Gasteiger partial charge in [0.1, 0.15) is 0 Å². The molecule has 0 radical (unpaired) electrons. The van der Waals surface area contributed by atoms with Crippen LogP contribution in [0.5, 0.6) is 0 Å². The van der Waals surface area contributed by atoms with Gasteiger partial charge in [-0.15, -0.1) is 0 Å². The van der Waals surface area contributed by atoms with Crippen molar-refractivity contribution in [2.75, 3.05) is 17.6 Å². The van der Waals surface area contributed by atoms with Crippen LogP contribution in [0, 0.1) is 0 Å². The Kier molecular flexibility index (Phi) is 5.89. The maximum absolute atomic E-state index is 12.6. The smallest absolute Gasteiger partial charge is 0.260 e. The van der Waals surface area contributed by atoms with Crippen molar-refractivity contribution in [1.82, 2.24) is 9.71 Å². The van der Waals surface area contributed by atoms with Crippen LogP contribution in [0.4, 0.5) is 5.69 Å². The van der Waals surface area contributed by atoms with Gasteiger partial charge in [0.15, 0.2) is 5.03 Å². The lowest BCUT2D eigenvalue weighted by molar-refractivity contribution is 0.552. The fourth-order valence-electron chi connectivity index (χ4n) is 2.66. The normalized spacial score (nSPS) is 22.4. The Morgan fingerprint density at radius 1 is 1.38 bits per heavy atom. The van der Waals surface area contributed by atoms with Crippen LogP contribution in [0.15, 0.2) is 23.4 Å². The number of hydrogen-bond acceptors (Lipinski definition) is 5. The predicted octanol–water partition coefficient (Wildman–Crippen LogP) is 2.47. The van der Waals surface area contributed by atoms with Gasteiger partial charge in [-0.25, -0.2) is 18.1 Å². The quantitative estimate of drug-likeness (QED) is 0.804. The molecule has 1 heterocycles. The predicted molar refractivity (Wildman–Crippen MR) is 88.3 cm³/mol. The van der Waals surface area contributed by atoms with E-state index in [1.165, 1.54) is 6.20 Å². The van der Waals surface area contributed by atoms with Gasteiger partial charge in [0.05, 0.1) is 5.69 Å². The largest absolute Gasteiger partial charge is 0.383 e. The molecule has 1 aliphatic carbocycles. The van der Waals surface area contributed by atoms with E-state index in [0.717, 1.165) is 25.0 Å². The molecule has 7 heteroatoms. The number of nitrogens with one attached hydrogen (secondary N) is 2. The molecule has 1 saturated carbocycles. The van der Waals surface area contributed by atoms with Crippen LogP contribution in [0.25, 0.3) is 0 Å². The number of hydrogen-bond donors (Lipinski definition) is 2. The minimum absolute atomic E-state index is 0.0106. The number of nitrogens with zero attached hydrogens (tertiary/aromatic N) is 1. The van der Waals surface area contributed by atoms with Crippen LogP contribution in [-0.4, -0.2) is 37.0 Å². The van der Waals surface area contributed by atoms with Crippen LogP contribution in [0.1, 0.15) is 33.1 Å². The molecule has 0 amide bonds. The lowest BCUT2D eigenvalue weighted by Crippen LogP contribution is -2.39. The van der Waals surface area contributed by atoms with Crippen molar-refractivity contribution in [3.63, 3.8) is 0 Å². The molecule has 1 aliphatic rings. The number of sulfonamides is 1. The first-order chi connectivity index (χ1) is 10.1. The molecule has 2 rings (SSSR count). The zero-order chi connectivity index (χ0) is 15.3. The van der Waals surface area contributed by atoms with Crippen molar-refractivity contribution < 1.29 is 8.42 Å². The average molecular weight is 329 g/mol. The van der Waals surface area contributed by atoms with Crippen LogP contribution in [0.3, 0.4) is 0 Å². The van der Waals surface area contributed by atoms with Crippen LogP contribution >= 0.6 is 11.8 Å².